The van der Waals surface area contributed by atoms with Crippen molar-refractivity contribution in [2.75, 3.05) is 0 Å². The van der Waals surface area contributed by atoms with Gasteiger partial charge in [-0.15, -0.1) is 0 Å². The number of rotatable bonds is 9. The Hall–Kier alpha value is -4.19. The Bertz CT molecular complexity index is 1670. The highest BCUT2D eigenvalue weighted by Crippen LogP contribution is 2.31. The molecule has 0 unspecified atom stereocenters. The van der Waals surface area contributed by atoms with Gasteiger partial charge in [0.1, 0.15) is 5.82 Å². The second-order valence-corrected chi connectivity index (χ2v) is 11.5. The van der Waals surface area contributed by atoms with Gasteiger partial charge in [0.15, 0.2) is 0 Å². The lowest BCUT2D eigenvalue weighted by atomic mass is 9.89. The van der Waals surface area contributed by atoms with Gasteiger partial charge in [-0.1, -0.05) is 68.7 Å². The Balaban J connectivity index is 1.31. The highest BCUT2D eigenvalue weighted by atomic mass is 16.4. The van der Waals surface area contributed by atoms with Crippen molar-refractivity contribution in [3.8, 4) is 22.4 Å². The Labute approximate surface area is 241 Å². The van der Waals surface area contributed by atoms with Crippen LogP contribution < -0.4 is 0 Å². The van der Waals surface area contributed by atoms with Crippen molar-refractivity contribution in [3.63, 3.8) is 0 Å². The second-order valence-electron chi connectivity index (χ2n) is 11.5. The molecule has 2 heterocycles. The van der Waals surface area contributed by atoms with Gasteiger partial charge in [0, 0.05) is 31.3 Å². The molecule has 3 aromatic carbocycles. The number of hydrogen-bond acceptors (Lipinski definition) is 3. The summed E-state index contributed by atoms with van der Waals surface area (Å²) in [5, 5.41) is 9.62. The van der Waals surface area contributed by atoms with E-state index in [1.54, 1.807) is 12.1 Å². The summed E-state index contributed by atoms with van der Waals surface area (Å²) in [6, 6.07) is 19.9. The first-order valence-electron chi connectivity index (χ1n) is 14.9. The summed E-state index contributed by atoms with van der Waals surface area (Å²) in [5.74, 6) is 0.937. The molecule has 6 rings (SSSR count). The van der Waals surface area contributed by atoms with Gasteiger partial charge in [0.25, 0.3) is 0 Å². The smallest absolute Gasteiger partial charge is 0.336 e. The van der Waals surface area contributed by atoms with Gasteiger partial charge in [0.2, 0.25) is 0 Å². The maximum absolute atomic E-state index is 11.7. The topological polar surface area (TPSA) is 72.9 Å². The van der Waals surface area contributed by atoms with E-state index in [1.165, 1.54) is 32.1 Å². The third-order valence-corrected chi connectivity index (χ3v) is 8.48. The standard InChI is InChI=1S/C35H38N4O2/c1-3-9-33-37-34-24(2)18-28(31-22-38(23-36-31)20-25-10-5-4-6-11-25)19-32(34)39(33)21-26-14-16-27(17-15-26)29-12-7-8-13-30(29)35(40)41/h7-8,12-19,22-23,25H,3-6,9-11,20-21H2,1-2H3,(H,40,41). The van der Waals surface area contributed by atoms with Gasteiger partial charge in [-0.3, -0.25) is 0 Å². The van der Waals surface area contributed by atoms with E-state index < -0.39 is 5.97 Å². The van der Waals surface area contributed by atoms with Gasteiger partial charge in [-0.25, -0.2) is 14.8 Å². The SMILES string of the molecule is CCCc1nc2c(C)cc(-c3cn(CC4CCCCC4)cn3)cc2n1Cc1ccc(-c2ccccc2C(=O)O)cc1. The second kappa shape index (κ2) is 11.7. The van der Waals surface area contributed by atoms with E-state index >= 15 is 0 Å². The van der Waals surface area contributed by atoms with Crippen LogP contribution in [0.3, 0.4) is 0 Å². The monoisotopic (exact) mass is 546 g/mol. The third-order valence-electron chi connectivity index (χ3n) is 8.48. The van der Waals surface area contributed by atoms with E-state index in [1.807, 2.05) is 30.6 Å². The number of carboxylic acid groups (broad SMARTS) is 1. The Kier molecular flexibility index (Phi) is 7.73. The van der Waals surface area contributed by atoms with E-state index in [9.17, 15) is 9.90 Å². The lowest BCUT2D eigenvalue weighted by molar-refractivity contribution is 0.0697. The molecule has 2 aromatic heterocycles. The van der Waals surface area contributed by atoms with Crippen molar-refractivity contribution in [2.45, 2.75) is 71.9 Å². The summed E-state index contributed by atoms with van der Waals surface area (Å²) >= 11 is 0. The van der Waals surface area contributed by atoms with Gasteiger partial charge < -0.3 is 14.2 Å². The minimum absolute atomic E-state index is 0.315. The summed E-state index contributed by atoms with van der Waals surface area (Å²) in [5.41, 5.74) is 8.58. The van der Waals surface area contributed by atoms with E-state index in [4.69, 9.17) is 9.97 Å². The number of imidazole rings is 2. The molecule has 1 fully saturated rings. The molecule has 1 saturated carbocycles. The quantitative estimate of drug-likeness (QED) is 0.202. The first kappa shape index (κ1) is 27.0. The molecule has 0 bridgehead atoms. The van der Waals surface area contributed by atoms with Gasteiger partial charge in [0.05, 0.1) is 28.6 Å². The molecule has 1 N–H and O–H groups in total. The Morgan fingerprint density at radius 1 is 1.00 bits per heavy atom. The Morgan fingerprint density at radius 2 is 1.78 bits per heavy atom. The van der Waals surface area contributed by atoms with Gasteiger partial charge in [-0.2, -0.15) is 0 Å². The fourth-order valence-electron chi connectivity index (χ4n) is 6.35. The number of carboxylic acids is 1. The van der Waals surface area contributed by atoms with E-state index in [0.29, 0.717) is 12.1 Å². The molecule has 0 aliphatic heterocycles. The number of fused-ring (bicyclic) bond motifs is 1. The van der Waals surface area contributed by atoms with Crippen LogP contribution >= 0.6 is 0 Å². The first-order chi connectivity index (χ1) is 20.0. The van der Waals surface area contributed by atoms with Crippen molar-refractivity contribution in [1.82, 2.24) is 19.1 Å². The minimum atomic E-state index is -0.913. The zero-order valence-corrected chi connectivity index (χ0v) is 24.0. The Morgan fingerprint density at radius 3 is 2.54 bits per heavy atom. The molecule has 0 spiro atoms. The zero-order valence-electron chi connectivity index (χ0n) is 24.0. The van der Waals surface area contributed by atoms with Crippen LogP contribution in [0.25, 0.3) is 33.4 Å². The number of aryl methyl sites for hydroxylation is 2. The van der Waals surface area contributed by atoms with Crippen LogP contribution in [0.2, 0.25) is 0 Å². The fourth-order valence-corrected chi connectivity index (χ4v) is 6.35. The van der Waals surface area contributed by atoms with Crippen LogP contribution in [0, 0.1) is 12.8 Å². The van der Waals surface area contributed by atoms with Gasteiger partial charge >= 0.3 is 5.97 Å². The molecule has 41 heavy (non-hydrogen) atoms. The number of hydrogen-bond donors (Lipinski definition) is 1. The minimum Gasteiger partial charge on any atom is -0.478 e. The molecule has 6 nitrogen and oxygen atoms in total. The molecular formula is C35H38N4O2. The molecule has 5 aromatic rings. The molecule has 6 heteroatoms. The molecule has 0 amide bonds. The molecule has 1 aliphatic rings. The van der Waals surface area contributed by atoms with Crippen LogP contribution in [0.4, 0.5) is 0 Å². The molecular weight excluding hydrogens is 508 g/mol. The van der Waals surface area contributed by atoms with E-state index in [-0.39, 0.29) is 0 Å². The van der Waals surface area contributed by atoms with Crippen molar-refractivity contribution >= 4 is 17.0 Å². The highest BCUT2D eigenvalue weighted by Gasteiger charge is 2.18. The largest absolute Gasteiger partial charge is 0.478 e. The maximum atomic E-state index is 11.7. The maximum Gasteiger partial charge on any atom is 0.336 e. The summed E-state index contributed by atoms with van der Waals surface area (Å²) < 4.78 is 4.61. The van der Waals surface area contributed by atoms with Crippen LogP contribution in [-0.4, -0.2) is 30.2 Å². The molecule has 0 radical (unpaired) electrons. The van der Waals surface area contributed by atoms with Crippen molar-refractivity contribution in [2.24, 2.45) is 5.92 Å². The number of carbonyl (C=O) groups is 1. The fraction of sp³-hybridized carbons (Fsp3) is 0.343. The van der Waals surface area contributed by atoms with Crippen LogP contribution in [-0.2, 0) is 19.5 Å². The van der Waals surface area contributed by atoms with Crippen molar-refractivity contribution in [3.05, 3.63) is 95.7 Å². The average Bonchev–Trinajstić information content (AvgIpc) is 3.59. The highest BCUT2D eigenvalue weighted by molar-refractivity contribution is 5.96. The predicted octanol–water partition coefficient (Wildman–Crippen LogP) is 8.15. The molecule has 210 valence electrons. The summed E-state index contributed by atoms with van der Waals surface area (Å²) in [7, 11) is 0. The molecule has 0 atom stereocenters. The molecule has 1 aliphatic carbocycles. The number of aromatic nitrogens is 4. The lowest BCUT2D eigenvalue weighted by Crippen LogP contribution is -2.12. The summed E-state index contributed by atoms with van der Waals surface area (Å²) in [6.07, 6.45) is 12.9. The average molecular weight is 547 g/mol. The summed E-state index contributed by atoms with van der Waals surface area (Å²) in [4.78, 5) is 21.6. The molecule has 0 saturated heterocycles. The first-order valence-corrected chi connectivity index (χ1v) is 14.9. The van der Waals surface area contributed by atoms with E-state index in [0.717, 1.165) is 75.7 Å². The normalized spacial score (nSPS) is 14.1. The van der Waals surface area contributed by atoms with Crippen LogP contribution in [0.1, 0.15) is 72.8 Å². The van der Waals surface area contributed by atoms with Crippen LogP contribution in [0.15, 0.2) is 73.2 Å². The van der Waals surface area contributed by atoms with Crippen molar-refractivity contribution in [1.29, 1.82) is 0 Å². The third kappa shape index (κ3) is 5.69. The number of aromatic carboxylic acids is 1. The predicted molar refractivity (Wildman–Crippen MR) is 164 cm³/mol. The van der Waals surface area contributed by atoms with Gasteiger partial charge in [-0.05, 0) is 72.6 Å². The number of benzene rings is 3. The number of nitrogens with zero attached hydrogens (tertiary/aromatic N) is 4. The lowest BCUT2D eigenvalue weighted by Gasteiger charge is -2.21. The summed E-state index contributed by atoms with van der Waals surface area (Å²) in [6.45, 7) is 6.09. The zero-order chi connectivity index (χ0) is 28.3. The van der Waals surface area contributed by atoms with E-state index in [2.05, 4.69) is 53.4 Å². The van der Waals surface area contributed by atoms with Crippen molar-refractivity contribution < 1.29 is 9.90 Å². The van der Waals surface area contributed by atoms with Crippen LogP contribution in [0.5, 0.6) is 0 Å².